The highest BCUT2D eigenvalue weighted by Crippen LogP contribution is 2.50. The Labute approximate surface area is 218 Å². The van der Waals surface area contributed by atoms with Gasteiger partial charge in [-0.2, -0.15) is 0 Å². The number of imide groups is 1. The number of carbonyl (C=O) groups is 2. The van der Waals surface area contributed by atoms with E-state index in [2.05, 4.69) is 25.1 Å². The lowest BCUT2D eigenvalue weighted by Crippen LogP contribution is -2.46. The van der Waals surface area contributed by atoms with Crippen LogP contribution < -0.4 is 0 Å². The minimum atomic E-state index is -0.963. The molecule has 2 aromatic rings. The number of allylic oxidation sites excluding steroid dienone is 2. The monoisotopic (exact) mass is 499 g/mol. The summed E-state index contributed by atoms with van der Waals surface area (Å²) in [6, 6.07) is 17.3. The third kappa shape index (κ3) is 5.03. The molecule has 2 saturated heterocycles. The van der Waals surface area contributed by atoms with Gasteiger partial charge in [0.05, 0.1) is 17.9 Å². The molecule has 6 nitrogen and oxygen atoms in total. The molecular weight excluding hydrogens is 465 g/mol. The highest BCUT2D eigenvalue weighted by Gasteiger charge is 2.56. The van der Waals surface area contributed by atoms with Crippen LogP contribution in [0.15, 0.2) is 65.7 Å². The van der Waals surface area contributed by atoms with Crippen molar-refractivity contribution >= 4 is 30.6 Å². The highest BCUT2D eigenvalue weighted by atomic mass is 16.5. The van der Waals surface area contributed by atoms with Gasteiger partial charge >= 0.3 is 7.12 Å². The van der Waals surface area contributed by atoms with Crippen molar-refractivity contribution in [3.63, 3.8) is 0 Å². The largest absolute Gasteiger partial charge is 0.508 e. The third-order valence-corrected chi connectivity index (χ3v) is 8.05. The average molecular weight is 499 g/mol. The van der Waals surface area contributed by atoms with E-state index in [1.54, 1.807) is 12.1 Å². The molecule has 37 heavy (non-hydrogen) atoms. The Hall–Kier alpha value is -3.16. The lowest BCUT2D eigenvalue weighted by Gasteiger charge is -2.42. The molecule has 7 heteroatoms. The molecule has 2 N–H and O–H groups in total. The van der Waals surface area contributed by atoms with Gasteiger partial charge in [0.2, 0.25) is 11.8 Å². The second kappa shape index (κ2) is 10.7. The summed E-state index contributed by atoms with van der Waals surface area (Å²) in [6.45, 7) is 4.48. The normalized spacial score (nSPS) is 26.0. The molecule has 0 bridgehead atoms. The molecule has 3 aliphatic rings. The molecule has 0 unspecified atom stereocenters. The number of likely N-dealkylation sites (tertiary alicyclic amines) is 1. The Balaban J connectivity index is 1.42. The number of amides is 2. The number of nitrogens with zero attached hydrogens (tertiary/aromatic N) is 1. The molecule has 0 spiro atoms. The summed E-state index contributed by atoms with van der Waals surface area (Å²) in [6.07, 6.45) is 4.82. The fourth-order valence-electron chi connectivity index (χ4n) is 6.44. The van der Waals surface area contributed by atoms with Crippen LogP contribution in [-0.2, 0) is 14.2 Å². The van der Waals surface area contributed by atoms with E-state index in [0.29, 0.717) is 32.1 Å². The van der Waals surface area contributed by atoms with Crippen LogP contribution in [0.1, 0.15) is 50.7 Å². The molecule has 2 aromatic carbocycles. The fraction of sp³-hybridized carbons (Fsp3) is 0.400. The molecule has 2 fully saturated rings. The van der Waals surface area contributed by atoms with E-state index in [1.165, 1.54) is 4.90 Å². The van der Waals surface area contributed by atoms with Gasteiger partial charge in [-0.05, 0) is 79.3 Å². The number of carbonyl (C=O) groups excluding carboxylic acids is 2. The van der Waals surface area contributed by atoms with Crippen LogP contribution in [0.3, 0.4) is 0 Å². The van der Waals surface area contributed by atoms with Crippen LogP contribution in [0, 0.1) is 17.8 Å². The zero-order valence-corrected chi connectivity index (χ0v) is 21.5. The Kier molecular flexibility index (Phi) is 7.36. The van der Waals surface area contributed by atoms with Crippen molar-refractivity contribution in [2.45, 2.75) is 52.0 Å². The van der Waals surface area contributed by atoms with E-state index >= 15 is 0 Å². The summed E-state index contributed by atoms with van der Waals surface area (Å²) in [4.78, 5) is 27.8. The van der Waals surface area contributed by atoms with E-state index in [4.69, 9.17) is 4.65 Å². The molecular formula is C30H34BNO5. The van der Waals surface area contributed by atoms with Crippen LogP contribution in [0.2, 0.25) is 6.32 Å². The van der Waals surface area contributed by atoms with E-state index in [0.717, 1.165) is 34.3 Å². The molecule has 4 atom stereocenters. The number of phenols is 1. The summed E-state index contributed by atoms with van der Waals surface area (Å²) >= 11 is 0. The van der Waals surface area contributed by atoms with Gasteiger partial charge in [-0.3, -0.25) is 14.5 Å². The first-order valence-corrected chi connectivity index (χ1v) is 13.3. The lowest BCUT2D eigenvalue weighted by molar-refractivity contribution is -0.140. The summed E-state index contributed by atoms with van der Waals surface area (Å²) < 4.78 is 6.09. The molecule has 0 saturated carbocycles. The summed E-state index contributed by atoms with van der Waals surface area (Å²) in [5, 5.41) is 20.4. The number of phenolic OH excluding ortho intramolecular Hbond substituents is 1. The quantitative estimate of drug-likeness (QED) is 0.244. The van der Waals surface area contributed by atoms with Gasteiger partial charge in [0.15, 0.2) is 0 Å². The zero-order chi connectivity index (χ0) is 26.1. The van der Waals surface area contributed by atoms with Crippen LogP contribution in [-0.4, -0.2) is 46.6 Å². The van der Waals surface area contributed by atoms with Crippen molar-refractivity contribution < 1.29 is 24.4 Å². The van der Waals surface area contributed by atoms with E-state index in [-0.39, 0.29) is 35.5 Å². The number of fused-ring (bicyclic) bond motifs is 3. The second-order valence-corrected chi connectivity index (χ2v) is 10.5. The van der Waals surface area contributed by atoms with E-state index in [1.807, 2.05) is 37.3 Å². The molecule has 2 aliphatic heterocycles. The lowest BCUT2D eigenvalue weighted by atomic mass is 9.58. The first kappa shape index (κ1) is 25.5. The van der Waals surface area contributed by atoms with Gasteiger partial charge in [0.1, 0.15) is 5.75 Å². The molecule has 192 valence electrons. The number of aromatic hydroxyl groups is 1. The number of rotatable bonds is 7. The number of hydrogen-bond donors (Lipinski definition) is 2. The number of benzene rings is 2. The van der Waals surface area contributed by atoms with Gasteiger partial charge in [0, 0.05) is 6.54 Å². The summed E-state index contributed by atoms with van der Waals surface area (Å²) in [5.74, 6) is -0.822. The van der Waals surface area contributed by atoms with E-state index in [9.17, 15) is 19.7 Å². The van der Waals surface area contributed by atoms with Crippen LogP contribution in [0.5, 0.6) is 5.75 Å². The van der Waals surface area contributed by atoms with Crippen molar-refractivity contribution in [1.82, 2.24) is 4.90 Å². The number of hydrogen-bond acceptors (Lipinski definition) is 5. The smallest absolute Gasteiger partial charge is 0.455 e. The standard InChI is InChI=1S/C30H34BNO5/c1-3-15-32-29(34)24-16-19(2)27-25(28(24)30(32)35)18-31(36)37-26(27)14-11-22(21-7-5-4-6-8-21)17-20-9-12-23(33)13-10-20/h4-10,12-13,17,24-26,28,33,36H,3,11,14-16,18H2,1-2H3/b22-17-/t24-,25+,26-,28-/m1/s1. The van der Waals surface area contributed by atoms with Crippen LogP contribution in [0.25, 0.3) is 11.6 Å². The Morgan fingerprint density at radius 2 is 1.81 bits per heavy atom. The molecule has 5 rings (SSSR count). The van der Waals surface area contributed by atoms with Crippen molar-refractivity contribution in [3.05, 3.63) is 76.9 Å². The maximum atomic E-state index is 13.3. The van der Waals surface area contributed by atoms with Crippen molar-refractivity contribution in [2.24, 2.45) is 17.8 Å². The molecule has 0 radical (unpaired) electrons. The average Bonchev–Trinajstić information content (AvgIpc) is 3.12. The van der Waals surface area contributed by atoms with Gasteiger partial charge in [0.25, 0.3) is 0 Å². The van der Waals surface area contributed by atoms with Crippen molar-refractivity contribution in [1.29, 1.82) is 0 Å². The van der Waals surface area contributed by atoms with Crippen molar-refractivity contribution in [3.8, 4) is 5.75 Å². The van der Waals surface area contributed by atoms with E-state index < -0.39 is 13.0 Å². The van der Waals surface area contributed by atoms with Gasteiger partial charge in [-0.1, -0.05) is 61.0 Å². The minimum Gasteiger partial charge on any atom is -0.508 e. The first-order chi connectivity index (χ1) is 17.9. The fourth-order valence-corrected chi connectivity index (χ4v) is 6.44. The molecule has 2 heterocycles. The second-order valence-electron chi connectivity index (χ2n) is 10.5. The molecule has 0 aromatic heterocycles. The SMILES string of the molecule is CCCN1C(=O)[C@@H]2[C@@H](CC(C)=C3[C@@H](CC/C(=C/c4ccc(O)cc4)c4ccccc4)OB(O)C[C@@H]32)C1=O. The van der Waals surface area contributed by atoms with Crippen LogP contribution in [0.4, 0.5) is 0 Å². The van der Waals surface area contributed by atoms with Gasteiger partial charge < -0.3 is 14.8 Å². The van der Waals surface area contributed by atoms with Gasteiger partial charge in [-0.15, -0.1) is 0 Å². The van der Waals surface area contributed by atoms with Crippen molar-refractivity contribution in [2.75, 3.05) is 6.54 Å². The summed E-state index contributed by atoms with van der Waals surface area (Å²) in [5.41, 5.74) is 5.43. The van der Waals surface area contributed by atoms with Gasteiger partial charge in [-0.25, -0.2) is 0 Å². The Bertz CT molecular complexity index is 1220. The van der Waals surface area contributed by atoms with Crippen LogP contribution >= 0.6 is 0 Å². The Morgan fingerprint density at radius 1 is 1.08 bits per heavy atom. The molecule has 2 amide bonds. The topological polar surface area (TPSA) is 87.1 Å². The first-order valence-electron chi connectivity index (χ1n) is 13.3. The minimum absolute atomic E-state index is 0.0593. The molecule has 1 aliphatic carbocycles. The predicted octanol–water partition coefficient (Wildman–Crippen LogP) is 4.94. The predicted molar refractivity (Wildman–Crippen MR) is 144 cm³/mol. The highest BCUT2D eigenvalue weighted by molar-refractivity contribution is 6.43. The zero-order valence-electron chi connectivity index (χ0n) is 21.5. The summed E-state index contributed by atoms with van der Waals surface area (Å²) in [7, 11) is -0.963. The maximum absolute atomic E-state index is 13.3. The Morgan fingerprint density at radius 3 is 2.51 bits per heavy atom. The third-order valence-electron chi connectivity index (χ3n) is 8.05. The maximum Gasteiger partial charge on any atom is 0.455 e.